The van der Waals surface area contributed by atoms with Gasteiger partial charge in [0.1, 0.15) is 0 Å². The number of halogens is 2. The number of piperidine rings is 1. The molecular formula is C9H15F2N5. The van der Waals surface area contributed by atoms with Crippen LogP contribution in [0.2, 0.25) is 0 Å². The van der Waals surface area contributed by atoms with Crippen molar-refractivity contribution < 1.29 is 8.78 Å². The molecule has 2 atom stereocenters. The number of nitrogens with one attached hydrogen (secondary N) is 1. The van der Waals surface area contributed by atoms with E-state index in [1.807, 2.05) is 4.90 Å². The van der Waals surface area contributed by atoms with E-state index < -0.39 is 6.43 Å². The lowest BCUT2D eigenvalue weighted by molar-refractivity contribution is 0.141. The number of H-pyrrole nitrogens is 1. The second-order valence-electron chi connectivity index (χ2n) is 4.20. The van der Waals surface area contributed by atoms with Gasteiger partial charge in [0.15, 0.2) is 5.82 Å². The fourth-order valence-electron chi connectivity index (χ4n) is 1.78. The van der Waals surface area contributed by atoms with Gasteiger partial charge < -0.3 is 10.6 Å². The maximum Gasteiger partial charge on any atom is 0.296 e. The first-order valence-corrected chi connectivity index (χ1v) is 5.29. The third-order valence-corrected chi connectivity index (χ3v) is 3.00. The molecule has 0 saturated carbocycles. The van der Waals surface area contributed by atoms with E-state index >= 15 is 0 Å². The van der Waals surface area contributed by atoms with Gasteiger partial charge in [-0.3, -0.25) is 5.10 Å². The van der Waals surface area contributed by atoms with Crippen molar-refractivity contribution in [2.24, 2.45) is 11.7 Å². The fourth-order valence-corrected chi connectivity index (χ4v) is 1.78. The van der Waals surface area contributed by atoms with E-state index in [4.69, 9.17) is 5.73 Å². The summed E-state index contributed by atoms with van der Waals surface area (Å²) in [7, 11) is 0. The molecule has 2 unspecified atom stereocenters. The highest BCUT2D eigenvalue weighted by Crippen LogP contribution is 2.21. The predicted octanol–water partition coefficient (Wildman–Crippen LogP) is 0.916. The van der Waals surface area contributed by atoms with Crippen LogP contribution in [0.15, 0.2) is 0 Å². The zero-order valence-corrected chi connectivity index (χ0v) is 9.03. The molecule has 2 heterocycles. The highest BCUT2D eigenvalue weighted by molar-refractivity contribution is 5.30. The Bertz CT molecular complexity index is 353. The van der Waals surface area contributed by atoms with Crippen molar-refractivity contribution in [3.63, 3.8) is 0 Å². The SMILES string of the molecule is CC1CCN(c2n[nH]c(C(F)F)n2)CC1N. The minimum absolute atomic E-state index is 0.0437. The van der Waals surface area contributed by atoms with Gasteiger partial charge in [0.2, 0.25) is 5.95 Å². The summed E-state index contributed by atoms with van der Waals surface area (Å²) in [4.78, 5) is 5.59. The summed E-state index contributed by atoms with van der Waals surface area (Å²) in [6, 6.07) is 0.0437. The molecule has 1 fully saturated rings. The van der Waals surface area contributed by atoms with Gasteiger partial charge in [-0.25, -0.2) is 8.78 Å². The largest absolute Gasteiger partial charge is 0.338 e. The average Bonchev–Trinajstić information content (AvgIpc) is 2.71. The fraction of sp³-hybridized carbons (Fsp3) is 0.778. The van der Waals surface area contributed by atoms with Gasteiger partial charge in [0.05, 0.1) is 0 Å². The number of nitrogens with two attached hydrogens (primary N) is 1. The van der Waals surface area contributed by atoms with E-state index in [0.717, 1.165) is 13.0 Å². The van der Waals surface area contributed by atoms with Crippen molar-refractivity contribution in [3.05, 3.63) is 5.82 Å². The maximum absolute atomic E-state index is 12.3. The van der Waals surface area contributed by atoms with Crippen LogP contribution in [0.5, 0.6) is 0 Å². The summed E-state index contributed by atoms with van der Waals surface area (Å²) >= 11 is 0. The topological polar surface area (TPSA) is 70.8 Å². The van der Waals surface area contributed by atoms with Gasteiger partial charge in [-0.15, -0.1) is 5.10 Å². The molecule has 5 nitrogen and oxygen atoms in total. The number of rotatable bonds is 2. The molecule has 0 bridgehead atoms. The van der Waals surface area contributed by atoms with Gasteiger partial charge in [-0.05, 0) is 12.3 Å². The molecular weight excluding hydrogens is 216 g/mol. The van der Waals surface area contributed by atoms with Crippen LogP contribution < -0.4 is 10.6 Å². The molecule has 1 aromatic heterocycles. The molecule has 1 saturated heterocycles. The monoisotopic (exact) mass is 231 g/mol. The highest BCUT2D eigenvalue weighted by Gasteiger charge is 2.26. The van der Waals surface area contributed by atoms with Crippen molar-refractivity contribution in [1.82, 2.24) is 15.2 Å². The first kappa shape index (κ1) is 11.3. The van der Waals surface area contributed by atoms with E-state index in [1.54, 1.807) is 0 Å². The Balaban J connectivity index is 2.07. The van der Waals surface area contributed by atoms with Crippen LogP contribution >= 0.6 is 0 Å². The maximum atomic E-state index is 12.3. The molecule has 1 aromatic rings. The molecule has 1 aliphatic heterocycles. The Kier molecular flexibility index (Phi) is 3.04. The Hall–Kier alpha value is -1.24. The van der Waals surface area contributed by atoms with Crippen molar-refractivity contribution in [2.45, 2.75) is 25.8 Å². The quantitative estimate of drug-likeness (QED) is 0.793. The Labute approximate surface area is 92.0 Å². The molecule has 7 heteroatoms. The number of anilines is 1. The second kappa shape index (κ2) is 4.32. The minimum Gasteiger partial charge on any atom is -0.338 e. The van der Waals surface area contributed by atoms with Crippen LogP contribution in [0.25, 0.3) is 0 Å². The average molecular weight is 231 g/mol. The Morgan fingerprint density at radius 2 is 2.31 bits per heavy atom. The third kappa shape index (κ3) is 2.13. The van der Waals surface area contributed by atoms with E-state index in [-0.39, 0.29) is 11.9 Å². The van der Waals surface area contributed by atoms with Gasteiger partial charge in [0, 0.05) is 19.1 Å². The summed E-state index contributed by atoms with van der Waals surface area (Å²) in [5.74, 6) is 0.379. The summed E-state index contributed by atoms with van der Waals surface area (Å²) in [6.45, 7) is 3.46. The lowest BCUT2D eigenvalue weighted by Gasteiger charge is -2.34. The standard InChI is InChI=1S/C9H15F2N5/c1-5-2-3-16(4-6(5)12)9-13-8(7(10)11)14-15-9/h5-7H,2-4,12H2,1H3,(H,13,14,15). The molecule has 0 aromatic carbocycles. The van der Waals surface area contributed by atoms with Crippen molar-refractivity contribution >= 4 is 5.95 Å². The predicted molar refractivity (Wildman–Crippen MR) is 55.3 cm³/mol. The molecule has 2 rings (SSSR count). The number of hydrogen-bond donors (Lipinski definition) is 2. The number of alkyl halides is 2. The number of hydrogen-bond acceptors (Lipinski definition) is 4. The summed E-state index contributed by atoms with van der Waals surface area (Å²) in [6.07, 6.45) is -1.68. The smallest absolute Gasteiger partial charge is 0.296 e. The number of nitrogens with zero attached hydrogens (tertiary/aromatic N) is 3. The molecule has 0 radical (unpaired) electrons. The molecule has 0 spiro atoms. The number of aromatic amines is 1. The van der Waals surface area contributed by atoms with Gasteiger partial charge >= 0.3 is 0 Å². The van der Waals surface area contributed by atoms with Crippen LogP contribution in [0.4, 0.5) is 14.7 Å². The van der Waals surface area contributed by atoms with Crippen molar-refractivity contribution in [3.8, 4) is 0 Å². The third-order valence-electron chi connectivity index (χ3n) is 3.00. The highest BCUT2D eigenvalue weighted by atomic mass is 19.3. The molecule has 16 heavy (non-hydrogen) atoms. The molecule has 0 amide bonds. The molecule has 90 valence electrons. The van der Waals surface area contributed by atoms with Gasteiger partial charge in [0.25, 0.3) is 6.43 Å². The first-order valence-electron chi connectivity index (χ1n) is 5.29. The second-order valence-corrected chi connectivity index (χ2v) is 4.20. The summed E-state index contributed by atoms with van der Waals surface area (Å²) in [5.41, 5.74) is 5.92. The lowest BCUT2D eigenvalue weighted by atomic mass is 9.95. The van der Waals surface area contributed by atoms with E-state index in [1.165, 1.54) is 0 Å². The van der Waals surface area contributed by atoms with Crippen LogP contribution in [0.3, 0.4) is 0 Å². The minimum atomic E-state index is -2.61. The van der Waals surface area contributed by atoms with Crippen LogP contribution in [-0.4, -0.2) is 34.3 Å². The van der Waals surface area contributed by atoms with Crippen LogP contribution in [0.1, 0.15) is 25.6 Å². The van der Waals surface area contributed by atoms with Crippen molar-refractivity contribution in [1.29, 1.82) is 0 Å². The zero-order chi connectivity index (χ0) is 11.7. The van der Waals surface area contributed by atoms with Gasteiger partial charge in [-0.2, -0.15) is 4.98 Å². The zero-order valence-electron chi connectivity index (χ0n) is 9.03. The Morgan fingerprint density at radius 1 is 1.56 bits per heavy atom. The molecule has 3 N–H and O–H groups in total. The molecule has 0 aliphatic carbocycles. The van der Waals surface area contributed by atoms with Crippen LogP contribution in [-0.2, 0) is 0 Å². The van der Waals surface area contributed by atoms with E-state index in [0.29, 0.717) is 18.4 Å². The normalized spacial score (nSPS) is 26.4. The van der Waals surface area contributed by atoms with Crippen LogP contribution in [0, 0.1) is 5.92 Å². The summed E-state index contributed by atoms with van der Waals surface area (Å²) in [5, 5.41) is 6.01. The summed E-state index contributed by atoms with van der Waals surface area (Å²) < 4.78 is 24.6. The van der Waals surface area contributed by atoms with E-state index in [9.17, 15) is 8.78 Å². The van der Waals surface area contributed by atoms with Gasteiger partial charge in [-0.1, -0.05) is 6.92 Å². The lowest BCUT2D eigenvalue weighted by Crippen LogP contribution is -2.48. The molecule has 1 aliphatic rings. The Morgan fingerprint density at radius 3 is 2.88 bits per heavy atom. The number of aromatic nitrogens is 3. The van der Waals surface area contributed by atoms with E-state index in [2.05, 4.69) is 22.1 Å². The first-order chi connectivity index (χ1) is 7.58. The van der Waals surface area contributed by atoms with Crippen molar-refractivity contribution in [2.75, 3.05) is 18.0 Å².